The Labute approximate surface area is 141 Å². The fourth-order valence-corrected chi connectivity index (χ4v) is 2.53. The fraction of sp³-hybridized carbons (Fsp3) is 0.389. The number of ether oxygens (including phenoxy) is 1. The normalized spacial score (nSPS) is 16.3. The highest BCUT2D eigenvalue weighted by molar-refractivity contribution is 6.02. The molecule has 2 rings (SSSR count). The van der Waals surface area contributed by atoms with Gasteiger partial charge in [0.2, 0.25) is 0 Å². The second kappa shape index (κ2) is 8.29. The lowest BCUT2D eigenvalue weighted by Crippen LogP contribution is -2.37. The van der Waals surface area contributed by atoms with Gasteiger partial charge in [-0.1, -0.05) is 29.8 Å². The predicted octanol–water partition coefficient (Wildman–Crippen LogP) is 2.85. The fourth-order valence-electron chi connectivity index (χ4n) is 2.53. The standard InChI is InChI=1S/C18H22N2O4/c1-12-8-9-15(13(2)10-12)19-18(23)20-16(21)11-24-17(22)14-6-4-3-5-7-14/h3-4,8-10,14H,5-7,11H2,1-2H3,(H2,19,20,21,23)/t14-/m0/s1. The van der Waals surface area contributed by atoms with Gasteiger partial charge >= 0.3 is 12.0 Å². The monoisotopic (exact) mass is 330 g/mol. The van der Waals surface area contributed by atoms with E-state index in [9.17, 15) is 14.4 Å². The molecular formula is C18H22N2O4. The summed E-state index contributed by atoms with van der Waals surface area (Å²) in [6.45, 7) is 3.36. The summed E-state index contributed by atoms with van der Waals surface area (Å²) in [5, 5.41) is 4.75. The molecule has 0 aliphatic heterocycles. The van der Waals surface area contributed by atoms with E-state index in [4.69, 9.17) is 4.74 Å². The molecule has 3 amide bonds. The molecule has 0 saturated heterocycles. The number of carbonyl (C=O) groups is 3. The third-order valence-corrected chi connectivity index (χ3v) is 3.83. The van der Waals surface area contributed by atoms with Gasteiger partial charge in [0.05, 0.1) is 5.92 Å². The molecule has 1 atom stereocenters. The van der Waals surface area contributed by atoms with Crippen LogP contribution in [0.25, 0.3) is 0 Å². The Kier molecular flexibility index (Phi) is 6.12. The molecule has 1 aliphatic carbocycles. The lowest BCUT2D eigenvalue weighted by molar-refractivity contribution is -0.152. The van der Waals surface area contributed by atoms with Crippen LogP contribution in [0.4, 0.5) is 10.5 Å². The number of hydrogen-bond acceptors (Lipinski definition) is 4. The van der Waals surface area contributed by atoms with Crippen LogP contribution in [0.5, 0.6) is 0 Å². The van der Waals surface area contributed by atoms with Gasteiger partial charge in [0.15, 0.2) is 6.61 Å². The van der Waals surface area contributed by atoms with Gasteiger partial charge in [0.1, 0.15) is 0 Å². The maximum Gasteiger partial charge on any atom is 0.325 e. The van der Waals surface area contributed by atoms with Crippen molar-refractivity contribution < 1.29 is 19.1 Å². The number of urea groups is 1. The first-order valence-corrected chi connectivity index (χ1v) is 7.95. The zero-order chi connectivity index (χ0) is 17.5. The van der Waals surface area contributed by atoms with Crippen LogP contribution in [-0.2, 0) is 14.3 Å². The van der Waals surface area contributed by atoms with Crippen molar-refractivity contribution in [3.05, 3.63) is 41.5 Å². The molecule has 2 N–H and O–H groups in total. The van der Waals surface area contributed by atoms with E-state index in [1.807, 2.05) is 38.1 Å². The topological polar surface area (TPSA) is 84.5 Å². The molecule has 128 valence electrons. The average Bonchev–Trinajstić information content (AvgIpc) is 2.56. The Morgan fingerprint density at radius 3 is 2.67 bits per heavy atom. The Morgan fingerprint density at radius 2 is 2.00 bits per heavy atom. The zero-order valence-corrected chi connectivity index (χ0v) is 13.9. The third-order valence-electron chi connectivity index (χ3n) is 3.83. The SMILES string of the molecule is Cc1ccc(NC(=O)NC(=O)COC(=O)[C@H]2CC=CCC2)c(C)c1. The molecule has 0 bridgehead atoms. The van der Waals surface area contributed by atoms with Crippen molar-refractivity contribution in [3.8, 4) is 0 Å². The third kappa shape index (κ3) is 5.22. The van der Waals surface area contributed by atoms with Crippen molar-refractivity contribution in [1.82, 2.24) is 5.32 Å². The number of aryl methyl sites for hydroxylation is 2. The lowest BCUT2D eigenvalue weighted by Gasteiger charge is -2.16. The minimum absolute atomic E-state index is 0.202. The summed E-state index contributed by atoms with van der Waals surface area (Å²) in [6, 6.07) is 4.91. The van der Waals surface area contributed by atoms with Crippen LogP contribution in [0.15, 0.2) is 30.4 Å². The maximum atomic E-state index is 11.8. The maximum absolute atomic E-state index is 11.8. The first-order valence-electron chi connectivity index (χ1n) is 7.95. The quantitative estimate of drug-likeness (QED) is 0.657. The van der Waals surface area contributed by atoms with Gasteiger partial charge in [-0.25, -0.2) is 4.79 Å². The van der Waals surface area contributed by atoms with E-state index >= 15 is 0 Å². The highest BCUT2D eigenvalue weighted by Crippen LogP contribution is 2.19. The summed E-state index contributed by atoms with van der Waals surface area (Å²) in [5.41, 5.74) is 2.60. The van der Waals surface area contributed by atoms with E-state index in [0.29, 0.717) is 12.1 Å². The second-order valence-corrected chi connectivity index (χ2v) is 5.91. The number of esters is 1. The molecule has 0 radical (unpaired) electrons. The molecule has 1 aromatic rings. The van der Waals surface area contributed by atoms with E-state index < -0.39 is 24.5 Å². The molecule has 0 heterocycles. The van der Waals surface area contributed by atoms with Crippen molar-refractivity contribution in [3.63, 3.8) is 0 Å². The van der Waals surface area contributed by atoms with Crippen molar-refractivity contribution in [2.45, 2.75) is 33.1 Å². The Hall–Kier alpha value is -2.63. The van der Waals surface area contributed by atoms with Gasteiger partial charge in [-0.05, 0) is 44.7 Å². The van der Waals surface area contributed by atoms with E-state index in [0.717, 1.165) is 24.0 Å². The molecular weight excluding hydrogens is 308 g/mol. The van der Waals surface area contributed by atoms with Crippen LogP contribution >= 0.6 is 0 Å². The number of allylic oxidation sites excluding steroid dienone is 2. The summed E-state index contributed by atoms with van der Waals surface area (Å²) in [7, 11) is 0. The van der Waals surface area contributed by atoms with Crippen LogP contribution in [0.1, 0.15) is 30.4 Å². The van der Waals surface area contributed by atoms with Crippen molar-refractivity contribution in [2.24, 2.45) is 5.92 Å². The first-order chi connectivity index (χ1) is 11.5. The van der Waals surface area contributed by atoms with Gasteiger partial charge in [-0.3, -0.25) is 14.9 Å². The van der Waals surface area contributed by atoms with Gasteiger partial charge in [-0.2, -0.15) is 0 Å². The smallest absolute Gasteiger partial charge is 0.325 e. The highest BCUT2D eigenvalue weighted by Gasteiger charge is 2.21. The lowest BCUT2D eigenvalue weighted by atomic mass is 9.95. The van der Waals surface area contributed by atoms with Gasteiger partial charge < -0.3 is 10.1 Å². The van der Waals surface area contributed by atoms with Crippen LogP contribution in [0, 0.1) is 19.8 Å². The molecule has 0 fully saturated rings. The largest absolute Gasteiger partial charge is 0.455 e. The average molecular weight is 330 g/mol. The molecule has 0 aromatic heterocycles. The molecule has 0 spiro atoms. The second-order valence-electron chi connectivity index (χ2n) is 5.91. The zero-order valence-electron chi connectivity index (χ0n) is 13.9. The number of imide groups is 1. The number of nitrogens with one attached hydrogen (secondary N) is 2. The summed E-state index contributed by atoms with van der Waals surface area (Å²) in [5.74, 6) is -1.26. The minimum atomic E-state index is -0.656. The van der Waals surface area contributed by atoms with Crippen molar-refractivity contribution >= 4 is 23.6 Å². The summed E-state index contributed by atoms with van der Waals surface area (Å²) < 4.78 is 4.97. The van der Waals surface area contributed by atoms with Crippen LogP contribution in [-0.4, -0.2) is 24.5 Å². The Balaban J connectivity index is 1.76. The summed E-state index contributed by atoms with van der Waals surface area (Å²) in [6.07, 6.45) is 6.16. The molecule has 1 aliphatic rings. The molecule has 24 heavy (non-hydrogen) atoms. The molecule has 6 nitrogen and oxygen atoms in total. The number of benzene rings is 1. The highest BCUT2D eigenvalue weighted by atomic mass is 16.5. The van der Waals surface area contributed by atoms with Crippen LogP contribution in [0.3, 0.4) is 0 Å². The van der Waals surface area contributed by atoms with Crippen molar-refractivity contribution in [1.29, 1.82) is 0 Å². The van der Waals surface area contributed by atoms with E-state index in [1.165, 1.54) is 0 Å². The molecule has 0 unspecified atom stereocenters. The number of carbonyl (C=O) groups excluding carboxylic acids is 3. The Morgan fingerprint density at radius 1 is 1.21 bits per heavy atom. The summed E-state index contributed by atoms with van der Waals surface area (Å²) in [4.78, 5) is 35.3. The van der Waals surface area contributed by atoms with Crippen LogP contribution < -0.4 is 10.6 Å². The summed E-state index contributed by atoms with van der Waals surface area (Å²) >= 11 is 0. The van der Waals surface area contributed by atoms with E-state index in [-0.39, 0.29) is 5.92 Å². The van der Waals surface area contributed by atoms with Gasteiger partial charge in [-0.15, -0.1) is 0 Å². The number of anilines is 1. The molecule has 0 saturated carbocycles. The number of amides is 3. The van der Waals surface area contributed by atoms with Gasteiger partial charge in [0.25, 0.3) is 5.91 Å². The van der Waals surface area contributed by atoms with Gasteiger partial charge in [0, 0.05) is 5.69 Å². The van der Waals surface area contributed by atoms with Crippen LogP contribution in [0.2, 0.25) is 0 Å². The predicted molar refractivity (Wildman–Crippen MR) is 90.5 cm³/mol. The van der Waals surface area contributed by atoms with E-state index in [2.05, 4.69) is 10.6 Å². The molecule has 6 heteroatoms. The number of hydrogen-bond donors (Lipinski definition) is 2. The number of rotatable bonds is 4. The first kappa shape index (κ1) is 17.7. The minimum Gasteiger partial charge on any atom is -0.455 e. The van der Waals surface area contributed by atoms with Crippen molar-refractivity contribution in [2.75, 3.05) is 11.9 Å². The molecule has 1 aromatic carbocycles. The van der Waals surface area contributed by atoms with E-state index in [1.54, 1.807) is 6.07 Å². The Bertz CT molecular complexity index is 667.